The fourth-order valence-electron chi connectivity index (χ4n) is 1.97. The third kappa shape index (κ3) is 5.28. The van der Waals surface area contributed by atoms with Crippen LogP contribution in [-0.4, -0.2) is 23.2 Å². The maximum absolute atomic E-state index is 11.5. The number of hydrogen-bond donors (Lipinski definition) is 2. The highest BCUT2D eigenvalue weighted by Crippen LogP contribution is 2.28. The summed E-state index contributed by atoms with van der Waals surface area (Å²) in [5, 5.41) is 3.17. The van der Waals surface area contributed by atoms with Gasteiger partial charge < -0.3 is 15.8 Å². The van der Waals surface area contributed by atoms with Crippen molar-refractivity contribution in [3.8, 4) is 23.1 Å². The third-order valence-electron chi connectivity index (χ3n) is 2.92. The van der Waals surface area contributed by atoms with E-state index < -0.39 is 11.7 Å². The summed E-state index contributed by atoms with van der Waals surface area (Å²) in [7, 11) is 0. The summed E-state index contributed by atoms with van der Waals surface area (Å²) in [5.74, 6) is 5.90. The molecule has 1 aromatic carbocycles. The summed E-state index contributed by atoms with van der Waals surface area (Å²) in [5.41, 5.74) is 8.01. The molecular formula is C18H21N3O2S. The Morgan fingerprint density at radius 1 is 1.33 bits per heavy atom. The molecule has 2 rings (SSSR count). The number of carbonyl (C=O) groups excluding carboxylic acids is 1. The van der Waals surface area contributed by atoms with Crippen LogP contribution in [0.5, 0.6) is 0 Å². The van der Waals surface area contributed by atoms with E-state index in [1.165, 1.54) is 11.3 Å². The summed E-state index contributed by atoms with van der Waals surface area (Å²) in [6.45, 7) is 7.68. The number of aryl methyl sites for hydroxylation is 1. The smallest absolute Gasteiger partial charge is 0.408 e. The third-order valence-corrected chi connectivity index (χ3v) is 3.72. The first-order chi connectivity index (χ1) is 11.2. The van der Waals surface area contributed by atoms with Crippen molar-refractivity contribution >= 4 is 22.6 Å². The van der Waals surface area contributed by atoms with E-state index in [9.17, 15) is 4.79 Å². The molecule has 5 nitrogen and oxygen atoms in total. The molecule has 1 aromatic heterocycles. The molecule has 0 spiro atoms. The average Bonchev–Trinajstić information content (AvgIpc) is 2.81. The highest BCUT2D eigenvalue weighted by atomic mass is 32.1. The van der Waals surface area contributed by atoms with Gasteiger partial charge in [-0.1, -0.05) is 24.0 Å². The second kappa shape index (κ2) is 7.37. The Labute approximate surface area is 146 Å². The summed E-state index contributed by atoms with van der Waals surface area (Å²) < 4.78 is 5.13. The number of nitrogens with one attached hydrogen (secondary N) is 1. The van der Waals surface area contributed by atoms with Gasteiger partial charge in [0.05, 0.1) is 12.2 Å². The Hall–Kier alpha value is -2.52. The van der Waals surface area contributed by atoms with Gasteiger partial charge in [-0.3, -0.25) is 0 Å². The van der Waals surface area contributed by atoms with Crippen molar-refractivity contribution in [1.82, 2.24) is 10.3 Å². The summed E-state index contributed by atoms with van der Waals surface area (Å²) in [4.78, 5) is 16.9. The Bertz CT molecular complexity index is 777. The number of nitrogens with zero attached hydrogens (tertiary/aromatic N) is 1. The minimum atomic E-state index is -0.509. The molecule has 24 heavy (non-hydrogen) atoms. The maximum atomic E-state index is 11.5. The first-order valence-electron chi connectivity index (χ1n) is 7.53. The van der Waals surface area contributed by atoms with Crippen molar-refractivity contribution < 1.29 is 9.53 Å². The molecule has 0 bridgehead atoms. The standard InChI is InChI=1S/C18H21N3O2S/c1-12-15(21-16(19)24-12)14-9-7-13(8-10-14)6-5-11-20-17(22)23-18(2,3)4/h7-10H,11H2,1-4H3,(H2,19,21)(H,20,22). The minimum absolute atomic E-state index is 0.235. The number of amides is 1. The van der Waals surface area contributed by atoms with Crippen molar-refractivity contribution in [1.29, 1.82) is 0 Å². The number of nitrogens with two attached hydrogens (primary N) is 1. The van der Waals surface area contributed by atoms with Crippen LogP contribution < -0.4 is 11.1 Å². The topological polar surface area (TPSA) is 77.2 Å². The first kappa shape index (κ1) is 17.8. The molecule has 126 valence electrons. The molecule has 0 saturated carbocycles. The van der Waals surface area contributed by atoms with Gasteiger partial charge >= 0.3 is 6.09 Å². The number of aromatic nitrogens is 1. The van der Waals surface area contributed by atoms with Gasteiger partial charge in [0, 0.05) is 16.0 Å². The number of rotatable bonds is 2. The van der Waals surface area contributed by atoms with Crippen LogP contribution in [0, 0.1) is 18.8 Å². The Morgan fingerprint density at radius 3 is 2.54 bits per heavy atom. The van der Waals surface area contributed by atoms with E-state index in [2.05, 4.69) is 22.1 Å². The number of alkyl carbamates (subject to hydrolysis) is 1. The van der Waals surface area contributed by atoms with Crippen molar-refractivity contribution in [2.75, 3.05) is 12.3 Å². The van der Waals surface area contributed by atoms with Crippen LogP contribution in [-0.2, 0) is 4.74 Å². The molecule has 0 unspecified atom stereocenters. The van der Waals surface area contributed by atoms with Gasteiger partial charge in [-0.15, -0.1) is 11.3 Å². The molecule has 0 aliphatic heterocycles. The van der Waals surface area contributed by atoms with Crippen LogP contribution in [0.25, 0.3) is 11.3 Å². The summed E-state index contributed by atoms with van der Waals surface area (Å²) in [6.07, 6.45) is -0.469. The van der Waals surface area contributed by atoms with Crippen LogP contribution in [0.15, 0.2) is 24.3 Å². The number of thiazole rings is 1. The van der Waals surface area contributed by atoms with Crippen molar-refractivity contribution in [2.45, 2.75) is 33.3 Å². The van der Waals surface area contributed by atoms with Crippen LogP contribution in [0.4, 0.5) is 9.93 Å². The van der Waals surface area contributed by atoms with E-state index in [0.717, 1.165) is 21.7 Å². The molecule has 3 N–H and O–H groups in total. The van der Waals surface area contributed by atoms with Gasteiger partial charge in [-0.05, 0) is 39.8 Å². The number of anilines is 1. The Morgan fingerprint density at radius 2 is 2.00 bits per heavy atom. The normalized spacial score (nSPS) is 10.7. The number of nitrogen functional groups attached to an aromatic ring is 1. The molecule has 0 aliphatic rings. The number of carbonyl (C=O) groups is 1. The first-order valence-corrected chi connectivity index (χ1v) is 8.35. The van der Waals surface area contributed by atoms with E-state index in [1.807, 2.05) is 52.0 Å². The lowest BCUT2D eigenvalue weighted by Gasteiger charge is -2.18. The summed E-state index contributed by atoms with van der Waals surface area (Å²) in [6, 6.07) is 7.77. The van der Waals surface area contributed by atoms with Gasteiger partial charge in [0.2, 0.25) is 0 Å². The van der Waals surface area contributed by atoms with E-state index >= 15 is 0 Å². The summed E-state index contributed by atoms with van der Waals surface area (Å²) >= 11 is 1.48. The fraction of sp³-hybridized carbons (Fsp3) is 0.333. The van der Waals surface area contributed by atoms with Gasteiger partial charge in [-0.25, -0.2) is 9.78 Å². The quantitative estimate of drug-likeness (QED) is 0.817. The SMILES string of the molecule is Cc1sc(N)nc1-c1ccc(C#CCNC(=O)OC(C)(C)C)cc1. The molecule has 2 aromatic rings. The molecule has 6 heteroatoms. The van der Waals surface area contributed by atoms with Crippen molar-refractivity contribution in [3.63, 3.8) is 0 Å². The molecule has 0 aliphatic carbocycles. The Kier molecular flexibility index (Phi) is 5.47. The lowest BCUT2D eigenvalue weighted by atomic mass is 10.1. The van der Waals surface area contributed by atoms with Crippen LogP contribution in [0.1, 0.15) is 31.2 Å². The lowest BCUT2D eigenvalue weighted by molar-refractivity contribution is 0.0535. The van der Waals surface area contributed by atoms with E-state index in [0.29, 0.717) is 5.13 Å². The monoisotopic (exact) mass is 343 g/mol. The molecule has 0 radical (unpaired) electrons. The van der Waals surface area contributed by atoms with Crippen LogP contribution in [0.2, 0.25) is 0 Å². The van der Waals surface area contributed by atoms with Gasteiger partial charge in [-0.2, -0.15) is 0 Å². The van der Waals surface area contributed by atoms with Gasteiger partial charge in [0.1, 0.15) is 5.60 Å². The Balaban J connectivity index is 1.93. The lowest BCUT2D eigenvalue weighted by Crippen LogP contribution is -2.32. The predicted molar refractivity (Wildman–Crippen MR) is 97.8 cm³/mol. The van der Waals surface area contributed by atoms with Crippen LogP contribution in [0.3, 0.4) is 0 Å². The van der Waals surface area contributed by atoms with E-state index in [4.69, 9.17) is 10.5 Å². The fourth-order valence-corrected chi connectivity index (χ4v) is 2.68. The zero-order valence-electron chi connectivity index (χ0n) is 14.3. The van der Waals surface area contributed by atoms with Crippen LogP contribution >= 0.6 is 11.3 Å². The second-order valence-electron chi connectivity index (χ2n) is 6.19. The van der Waals surface area contributed by atoms with E-state index in [-0.39, 0.29) is 6.54 Å². The zero-order chi connectivity index (χ0) is 17.7. The maximum Gasteiger partial charge on any atom is 0.408 e. The highest BCUT2D eigenvalue weighted by Gasteiger charge is 2.15. The number of ether oxygens (including phenoxy) is 1. The average molecular weight is 343 g/mol. The van der Waals surface area contributed by atoms with Crippen molar-refractivity contribution in [3.05, 3.63) is 34.7 Å². The van der Waals surface area contributed by atoms with Gasteiger partial charge in [0.15, 0.2) is 5.13 Å². The number of benzene rings is 1. The largest absolute Gasteiger partial charge is 0.444 e. The molecular weight excluding hydrogens is 322 g/mol. The second-order valence-corrected chi connectivity index (χ2v) is 7.43. The molecule has 1 amide bonds. The zero-order valence-corrected chi connectivity index (χ0v) is 15.1. The molecule has 0 atom stereocenters. The van der Waals surface area contributed by atoms with E-state index in [1.54, 1.807) is 0 Å². The van der Waals surface area contributed by atoms with Crippen molar-refractivity contribution in [2.24, 2.45) is 0 Å². The highest BCUT2D eigenvalue weighted by molar-refractivity contribution is 7.15. The number of hydrogen-bond acceptors (Lipinski definition) is 5. The minimum Gasteiger partial charge on any atom is -0.444 e. The molecule has 1 heterocycles. The predicted octanol–water partition coefficient (Wildman–Crippen LogP) is 3.58. The molecule has 0 fully saturated rings. The van der Waals surface area contributed by atoms with Gasteiger partial charge in [0.25, 0.3) is 0 Å². The molecule has 0 saturated heterocycles.